The number of amides is 1. The number of nitrogens with one attached hydrogen (secondary N) is 2. The van der Waals surface area contributed by atoms with Crippen LogP contribution in [0.1, 0.15) is 16.1 Å². The van der Waals surface area contributed by atoms with E-state index in [-0.39, 0.29) is 5.91 Å². The lowest BCUT2D eigenvalue weighted by atomic mass is 10.1. The van der Waals surface area contributed by atoms with Gasteiger partial charge in [0.2, 0.25) is 0 Å². The summed E-state index contributed by atoms with van der Waals surface area (Å²) in [5, 5.41) is 11.4. The zero-order valence-corrected chi connectivity index (χ0v) is 14.1. The fourth-order valence-electron chi connectivity index (χ4n) is 2.12. The van der Waals surface area contributed by atoms with Crippen LogP contribution < -0.4 is 10.2 Å². The van der Waals surface area contributed by atoms with Gasteiger partial charge in [0.25, 0.3) is 5.91 Å². The van der Waals surface area contributed by atoms with Gasteiger partial charge in [0.1, 0.15) is 11.4 Å². The number of nitrogens with zero attached hydrogens (tertiary/aromatic N) is 2. The number of aromatic nitrogens is 2. The molecule has 0 fully saturated rings. The molecule has 0 aliphatic heterocycles. The summed E-state index contributed by atoms with van der Waals surface area (Å²) in [6, 6.07) is 16.2. The van der Waals surface area contributed by atoms with Crippen molar-refractivity contribution >= 4 is 23.7 Å². The molecule has 0 unspecified atom stereocenters. The maximum Gasteiger partial charge on any atom is 0.289 e. The molecule has 0 atom stereocenters. The third-order valence-corrected chi connectivity index (χ3v) is 3.71. The van der Waals surface area contributed by atoms with Gasteiger partial charge in [-0.3, -0.25) is 9.89 Å². The van der Waals surface area contributed by atoms with E-state index < -0.39 is 0 Å². The van der Waals surface area contributed by atoms with E-state index in [1.165, 1.54) is 6.21 Å². The lowest BCUT2D eigenvalue weighted by molar-refractivity contribution is 0.0950. The van der Waals surface area contributed by atoms with Crippen LogP contribution in [0.5, 0.6) is 5.75 Å². The smallest absolute Gasteiger partial charge is 0.289 e. The maximum absolute atomic E-state index is 12.1. The second kappa shape index (κ2) is 7.63. The van der Waals surface area contributed by atoms with Crippen molar-refractivity contribution in [2.45, 2.75) is 0 Å². The number of carbonyl (C=O) groups excluding carboxylic acids is 1. The molecule has 6 nitrogen and oxygen atoms in total. The third kappa shape index (κ3) is 4.24. The highest BCUT2D eigenvalue weighted by Crippen LogP contribution is 2.21. The standard InChI is InChI=1S/C18H15ClN4O2/c1-25-15-8-4-13(5-9-15)16-10-17(22-21-16)18(24)23-20-11-12-2-6-14(19)7-3-12/h2-11H,1H3,(H,21,22)(H,23,24). The van der Waals surface area contributed by atoms with Crippen LogP contribution in [0.25, 0.3) is 11.3 Å². The molecule has 1 heterocycles. The van der Waals surface area contributed by atoms with Crippen molar-refractivity contribution in [3.05, 3.63) is 70.9 Å². The fourth-order valence-corrected chi connectivity index (χ4v) is 2.25. The molecule has 3 rings (SSSR count). The first-order valence-corrected chi connectivity index (χ1v) is 7.82. The summed E-state index contributed by atoms with van der Waals surface area (Å²) in [5.41, 5.74) is 5.13. The zero-order valence-electron chi connectivity index (χ0n) is 13.4. The van der Waals surface area contributed by atoms with Crippen molar-refractivity contribution in [2.24, 2.45) is 5.10 Å². The molecule has 0 bridgehead atoms. The maximum atomic E-state index is 12.1. The van der Waals surface area contributed by atoms with Gasteiger partial charge in [0, 0.05) is 10.6 Å². The van der Waals surface area contributed by atoms with E-state index in [1.54, 1.807) is 37.4 Å². The molecule has 7 heteroatoms. The number of H-pyrrole nitrogens is 1. The first-order chi connectivity index (χ1) is 12.2. The van der Waals surface area contributed by atoms with Gasteiger partial charge in [0.05, 0.1) is 19.0 Å². The SMILES string of the molecule is COc1ccc(-c2cc(C(=O)NN=Cc3ccc(Cl)cc3)[nH]n2)cc1. The third-order valence-electron chi connectivity index (χ3n) is 3.46. The minimum atomic E-state index is -0.377. The van der Waals surface area contributed by atoms with Gasteiger partial charge >= 0.3 is 0 Å². The predicted molar refractivity (Wildman–Crippen MR) is 97.1 cm³/mol. The van der Waals surface area contributed by atoms with E-state index in [4.69, 9.17) is 16.3 Å². The van der Waals surface area contributed by atoms with Gasteiger partial charge in [-0.05, 0) is 48.0 Å². The Hall–Kier alpha value is -3.12. The molecule has 1 aromatic heterocycles. The number of halogens is 1. The van der Waals surface area contributed by atoms with E-state index >= 15 is 0 Å². The topological polar surface area (TPSA) is 79.4 Å². The van der Waals surface area contributed by atoms with Gasteiger partial charge in [0.15, 0.2) is 0 Å². The molecule has 0 saturated carbocycles. The number of methoxy groups -OCH3 is 1. The number of benzene rings is 2. The number of hydrazone groups is 1. The van der Waals surface area contributed by atoms with Crippen molar-refractivity contribution in [2.75, 3.05) is 7.11 Å². The van der Waals surface area contributed by atoms with Crippen LogP contribution in [0.4, 0.5) is 0 Å². The van der Waals surface area contributed by atoms with Gasteiger partial charge < -0.3 is 4.74 Å². The predicted octanol–water partition coefficient (Wildman–Crippen LogP) is 3.50. The lowest BCUT2D eigenvalue weighted by Gasteiger charge is -2.00. The second-order valence-corrected chi connectivity index (χ2v) is 5.58. The van der Waals surface area contributed by atoms with Gasteiger partial charge in [-0.1, -0.05) is 23.7 Å². The summed E-state index contributed by atoms with van der Waals surface area (Å²) in [6.07, 6.45) is 1.54. The molecule has 2 aromatic carbocycles. The first kappa shape index (κ1) is 16.7. The van der Waals surface area contributed by atoms with Crippen molar-refractivity contribution in [1.29, 1.82) is 0 Å². The number of hydrogen-bond donors (Lipinski definition) is 2. The van der Waals surface area contributed by atoms with Crippen LogP contribution in [0, 0.1) is 0 Å². The van der Waals surface area contributed by atoms with Gasteiger partial charge in [-0.25, -0.2) is 5.43 Å². The molecule has 2 N–H and O–H groups in total. The average molecular weight is 355 g/mol. The lowest BCUT2D eigenvalue weighted by Crippen LogP contribution is -2.17. The highest BCUT2D eigenvalue weighted by atomic mass is 35.5. The number of carbonyl (C=O) groups is 1. The molecule has 126 valence electrons. The van der Waals surface area contributed by atoms with E-state index in [0.717, 1.165) is 16.9 Å². The Bertz CT molecular complexity index is 886. The van der Waals surface area contributed by atoms with Crippen LogP contribution >= 0.6 is 11.6 Å². The van der Waals surface area contributed by atoms with Gasteiger partial charge in [-0.15, -0.1) is 0 Å². The van der Waals surface area contributed by atoms with Crippen molar-refractivity contribution < 1.29 is 9.53 Å². The second-order valence-electron chi connectivity index (χ2n) is 5.15. The molecule has 0 radical (unpaired) electrons. The molecule has 25 heavy (non-hydrogen) atoms. The van der Waals surface area contributed by atoms with Crippen molar-refractivity contribution in [1.82, 2.24) is 15.6 Å². The summed E-state index contributed by atoms with van der Waals surface area (Å²) in [5.74, 6) is 0.381. The number of rotatable bonds is 5. The summed E-state index contributed by atoms with van der Waals surface area (Å²) in [7, 11) is 1.61. The van der Waals surface area contributed by atoms with E-state index in [1.807, 2.05) is 24.3 Å². The van der Waals surface area contributed by atoms with Crippen LogP contribution in [0.15, 0.2) is 59.7 Å². The largest absolute Gasteiger partial charge is 0.497 e. The Kier molecular flexibility index (Phi) is 5.11. The summed E-state index contributed by atoms with van der Waals surface area (Å²) < 4.78 is 5.12. The zero-order chi connectivity index (χ0) is 17.6. The van der Waals surface area contributed by atoms with Crippen LogP contribution in [-0.2, 0) is 0 Å². The van der Waals surface area contributed by atoms with Crippen LogP contribution in [0.2, 0.25) is 5.02 Å². The average Bonchev–Trinajstić information content (AvgIpc) is 3.13. The Balaban J connectivity index is 1.64. The quantitative estimate of drug-likeness (QED) is 0.543. The monoisotopic (exact) mass is 354 g/mol. The van der Waals surface area contributed by atoms with Crippen molar-refractivity contribution in [3.8, 4) is 17.0 Å². The van der Waals surface area contributed by atoms with Crippen LogP contribution in [-0.4, -0.2) is 29.4 Å². The molecule has 1 amide bonds. The summed E-state index contributed by atoms with van der Waals surface area (Å²) >= 11 is 5.81. The Morgan fingerprint density at radius 3 is 2.60 bits per heavy atom. The minimum Gasteiger partial charge on any atom is -0.497 e. The highest BCUT2D eigenvalue weighted by molar-refractivity contribution is 6.30. The molecule has 0 aliphatic rings. The number of aromatic amines is 1. The van der Waals surface area contributed by atoms with E-state index in [9.17, 15) is 4.79 Å². The Labute approximate surface area is 149 Å². The van der Waals surface area contributed by atoms with Crippen molar-refractivity contribution in [3.63, 3.8) is 0 Å². The van der Waals surface area contributed by atoms with E-state index in [2.05, 4.69) is 20.7 Å². The van der Waals surface area contributed by atoms with Gasteiger partial charge in [-0.2, -0.15) is 10.2 Å². The molecule has 0 aliphatic carbocycles. The molecular formula is C18H15ClN4O2. The number of ether oxygens (including phenoxy) is 1. The normalized spacial score (nSPS) is 10.8. The fraction of sp³-hybridized carbons (Fsp3) is 0.0556. The summed E-state index contributed by atoms with van der Waals surface area (Å²) in [4.78, 5) is 12.1. The number of hydrogen-bond acceptors (Lipinski definition) is 4. The Morgan fingerprint density at radius 1 is 1.20 bits per heavy atom. The Morgan fingerprint density at radius 2 is 1.92 bits per heavy atom. The summed E-state index contributed by atoms with van der Waals surface area (Å²) in [6.45, 7) is 0. The molecule has 0 saturated heterocycles. The minimum absolute atomic E-state index is 0.319. The van der Waals surface area contributed by atoms with E-state index in [0.29, 0.717) is 16.4 Å². The first-order valence-electron chi connectivity index (χ1n) is 7.44. The molecular weight excluding hydrogens is 340 g/mol. The highest BCUT2D eigenvalue weighted by Gasteiger charge is 2.10. The molecule has 0 spiro atoms. The van der Waals surface area contributed by atoms with Crippen LogP contribution in [0.3, 0.4) is 0 Å². The molecule has 3 aromatic rings.